The van der Waals surface area contributed by atoms with Gasteiger partial charge in [-0.1, -0.05) is 24.3 Å². The van der Waals surface area contributed by atoms with Crippen molar-refractivity contribution in [3.05, 3.63) is 59.7 Å². The fourth-order valence-electron chi connectivity index (χ4n) is 1.85. The lowest BCUT2D eigenvalue weighted by Gasteiger charge is -2.13. The summed E-state index contributed by atoms with van der Waals surface area (Å²) in [7, 11) is 4.07. The summed E-state index contributed by atoms with van der Waals surface area (Å²) >= 11 is 0. The molecule has 0 atom stereocenters. The van der Waals surface area contributed by atoms with E-state index < -0.39 is 0 Å². The molecule has 0 heterocycles. The van der Waals surface area contributed by atoms with Crippen LogP contribution in [0, 0.1) is 0 Å². The molecular formula is C15H17NO. The van der Waals surface area contributed by atoms with Gasteiger partial charge in [0.05, 0.1) is 0 Å². The first-order valence-electron chi connectivity index (χ1n) is 5.69. The van der Waals surface area contributed by atoms with E-state index in [0.29, 0.717) is 5.75 Å². The highest BCUT2D eigenvalue weighted by atomic mass is 16.3. The van der Waals surface area contributed by atoms with Crippen LogP contribution < -0.4 is 4.90 Å². The maximum absolute atomic E-state index is 9.43. The number of phenolic OH excluding ortho intramolecular Hbond substituents is 1. The Kier molecular flexibility index (Phi) is 3.33. The third-order valence-corrected chi connectivity index (χ3v) is 2.75. The smallest absolute Gasteiger partial charge is 0.115 e. The van der Waals surface area contributed by atoms with Crippen LogP contribution in [0.5, 0.6) is 5.75 Å². The van der Waals surface area contributed by atoms with Gasteiger partial charge < -0.3 is 10.0 Å². The molecule has 0 aliphatic rings. The molecule has 0 aliphatic carbocycles. The number of nitrogens with zero attached hydrogens (tertiary/aromatic N) is 1. The molecule has 0 unspecified atom stereocenters. The summed E-state index contributed by atoms with van der Waals surface area (Å²) in [4.78, 5) is 2.09. The minimum Gasteiger partial charge on any atom is -0.508 e. The number of aromatic hydroxyl groups is 1. The molecule has 2 aromatic carbocycles. The van der Waals surface area contributed by atoms with Crippen LogP contribution in [0.1, 0.15) is 11.1 Å². The van der Waals surface area contributed by atoms with Crippen molar-refractivity contribution >= 4 is 5.69 Å². The van der Waals surface area contributed by atoms with Crippen molar-refractivity contribution in [2.45, 2.75) is 6.42 Å². The summed E-state index contributed by atoms with van der Waals surface area (Å²) in [6.07, 6.45) is 0.843. The highest BCUT2D eigenvalue weighted by Gasteiger charge is 2.00. The second-order valence-electron chi connectivity index (χ2n) is 4.41. The van der Waals surface area contributed by atoms with Crippen LogP contribution in [-0.2, 0) is 6.42 Å². The molecule has 0 aliphatic heterocycles. The van der Waals surface area contributed by atoms with Crippen molar-refractivity contribution in [1.82, 2.24) is 0 Å². The molecule has 0 spiro atoms. The van der Waals surface area contributed by atoms with Gasteiger partial charge in [0.25, 0.3) is 0 Å². The summed E-state index contributed by atoms with van der Waals surface area (Å²) in [5, 5.41) is 9.43. The van der Waals surface area contributed by atoms with Crippen LogP contribution in [-0.4, -0.2) is 19.2 Å². The van der Waals surface area contributed by atoms with Crippen LogP contribution >= 0.6 is 0 Å². The van der Waals surface area contributed by atoms with Gasteiger partial charge in [-0.25, -0.2) is 0 Å². The molecule has 2 aromatic rings. The average Bonchev–Trinajstić information content (AvgIpc) is 2.29. The van der Waals surface area contributed by atoms with E-state index in [1.165, 1.54) is 11.3 Å². The van der Waals surface area contributed by atoms with Gasteiger partial charge in [0, 0.05) is 19.8 Å². The zero-order valence-electron chi connectivity index (χ0n) is 10.2. The van der Waals surface area contributed by atoms with E-state index in [2.05, 4.69) is 29.2 Å². The lowest BCUT2D eigenvalue weighted by molar-refractivity contribution is 0.474. The van der Waals surface area contributed by atoms with Gasteiger partial charge in [-0.15, -0.1) is 0 Å². The normalized spacial score (nSPS) is 10.2. The second kappa shape index (κ2) is 4.91. The van der Waals surface area contributed by atoms with E-state index >= 15 is 0 Å². The van der Waals surface area contributed by atoms with Crippen molar-refractivity contribution in [1.29, 1.82) is 0 Å². The first-order valence-corrected chi connectivity index (χ1v) is 5.69. The number of rotatable bonds is 3. The Morgan fingerprint density at radius 3 is 2.24 bits per heavy atom. The molecule has 0 radical (unpaired) electrons. The minimum atomic E-state index is 0.325. The molecule has 0 saturated heterocycles. The summed E-state index contributed by atoms with van der Waals surface area (Å²) in [5.41, 5.74) is 3.57. The third kappa shape index (κ3) is 3.00. The van der Waals surface area contributed by atoms with E-state index in [4.69, 9.17) is 0 Å². The molecule has 0 amide bonds. The molecule has 0 fully saturated rings. The van der Waals surface area contributed by atoms with Crippen LogP contribution in [0.25, 0.3) is 0 Å². The van der Waals surface area contributed by atoms with E-state index in [1.54, 1.807) is 6.07 Å². The number of benzene rings is 2. The highest BCUT2D eigenvalue weighted by molar-refractivity contribution is 5.48. The van der Waals surface area contributed by atoms with Gasteiger partial charge in [0.2, 0.25) is 0 Å². The zero-order valence-corrected chi connectivity index (χ0v) is 10.2. The molecule has 17 heavy (non-hydrogen) atoms. The van der Waals surface area contributed by atoms with Gasteiger partial charge in [0.15, 0.2) is 0 Å². The maximum atomic E-state index is 9.43. The Morgan fingerprint density at radius 1 is 0.941 bits per heavy atom. The molecule has 2 nitrogen and oxygen atoms in total. The van der Waals surface area contributed by atoms with Crippen molar-refractivity contribution in [2.75, 3.05) is 19.0 Å². The van der Waals surface area contributed by atoms with Gasteiger partial charge in [-0.2, -0.15) is 0 Å². The fourth-order valence-corrected chi connectivity index (χ4v) is 1.85. The summed E-state index contributed by atoms with van der Waals surface area (Å²) < 4.78 is 0. The van der Waals surface area contributed by atoms with E-state index in [-0.39, 0.29) is 0 Å². The maximum Gasteiger partial charge on any atom is 0.115 e. The number of phenols is 1. The largest absolute Gasteiger partial charge is 0.508 e. The molecule has 0 saturated carbocycles. The highest BCUT2D eigenvalue weighted by Crippen LogP contribution is 2.18. The van der Waals surface area contributed by atoms with Gasteiger partial charge in [0.1, 0.15) is 5.75 Å². The van der Waals surface area contributed by atoms with Crippen LogP contribution in [0.2, 0.25) is 0 Å². The molecular weight excluding hydrogens is 210 g/mol. The third-order valence-electron chi connectivity index (χ3n) is 2.75. The Hall–Kier alpha value is -1.96. The molecule has 0 aromatic heterocycles. The minimum absolute atomic E-state index is 0.325. The molecule has 1 N–H and O–H groups in total. The van der Waals surface area contributed by atoms with Crippen LogP contribution in [0.15, 0.2) is 48.5 Å². The van der Waals surface area contributed by atoms with E-state index in [9.17, 15) is 5.11 Å². The van der Waals surface area contributed by atoms with Crippen LogP contribution in [0.3, 0.4) is 0 Å². The first kappa shape index (κ1) is 11.5. The second-order valence-corrected chi connectivity index (χ2v) is 4.41. The Bertz CT molecular complexity index is 506. The topological polar surface area (TPSA) is 23.5 Å². The lowest BCUT2D eigenvalue weighted by atomic mass is 10.0. The zero-order chi connectivity index (χ0) is 12.3. The van der Waals surface area contributed by atoms with E-state index in [0.717, 1.165) is 12.0 Å². The van der Waals surface area contributed by atoms with Gasteiger partial charge in [-0.3, -0.25) is 0 Å². The van der Waals surface area contributed by atoms with Crippen molar-refractivity contribution in [2.24, 2.45) is 0 Å². The van der Waals surface area contributed by atoms with Crippen molar-refractivity contribution in [3.8, 4) is 5.75 Å². The predicted molar refractivity (Wildman–Crippen MR) is 71.7 cm³/mol. The van der Waals surface area contributed by atoms with Crippen molar-refractivity contribution < 1.29 is 5.11 Å². The SMILES string of the molecule is CN(C)c1cccc(Cc2cccc(O)c2)c1. The van der Waals surface area contributed by atoms with E-state index in [1.807, 2.05) is 32.3 Å². The summed E-state index contributed by atoms with van der Waals surface area (Å²) in [6, 6.07) is 15.8. The first-order chi connectivity index (χ1) is 8.15. The number of hydrogen-bond donors (Lipinski definition) is 1. The Balaban J connectivity index is 2.21. The van der Waals surface area contributed by atoms with Crippen LogP contribution in [0.4, 0.5) is 5.69 Å². The monoisotopic (exact) mass is 227 g/mol. The summed E-state index contributed by atoms with van der Waals surface area (Å²) in [5.74, 6) is 0.325. The summed E-state index contributed by atoms with van der Waals surface area (Å²) in [6.45, 7) is 0. The standard InChI is InChI=1S/C15H17NO/c1-16(2)14-7-3-5-12(10-14)9-13-6-4-8-15(17)11-13/h3-8,10-11,17H,9H2,1-2H3. The fraction of sp³-hybridized carbons (Fsp3) is 0.200. The molecule has 0 bridgehead atoms. The Labute approximate surface area is 102 Å². The quantitative estimate of drug-likeness (QED) is 0.871. The molecule has 2 heteroatoms. The average molecular weight is 227 g/mol. The lowest BCUT2D eigenvalue weighted by Crippen LogP contribution is -2.08. The molecule has 2 rings (SSSR count). The number of anilines is 1. The van der Waals surface area contributed by atoms with Crippen molar-refractivity contribution in [3.63, 3.8) is 0 Å². The van der Waals surface area contributed by atoms with Gasteiger partial charge in [-0.05, 0) is 41.8 Å². The molecule has 88 valence electrons. The number of hydrogen-bond acceptors (Lipinski definition) is 2. The Morgan fingerprint density at radius 2 is 1.59 bits per heavy atom. The van der Waals surface area contributed by atoms with Gasteiger partial charge >= 0.3 is 0 Å². The predicted octanol–water partition coefficient (Wildman–Crippen LogP) is 3.05.